The van der Waals surface area contributed by atoms with E-state index in [1.165, 1.54) is 6.20 Å². The Bertz CT molecular complexity index is 252. The van der Waals surface area contributed by atoms with Crippen molar-refractivity contribution in [1.82, 2.24) is 10.2 Å². The van der Waals surface area contributed by atoms with Crippen molar-refractivity contribution in [2.75, 3.05) is 18.4 Å². The maximum atomic E-state index is 12.6. The van der Waals surface area contributed by atoms with Crippen molar-refractivity contribution in [3.05, 3.63) is 18.3 Å². The van der Waals surface area contributed by atoms with Crippen LogP contribution in [0.5, 0.6) is 0 Å². The third-order valence-electron chi connectivity index (χ3n) is 1.40. The molecule has 0 aliphatic heterocycles. The summed E-state index contributed by atoms with van der Waals surface area (Å²) in [5.41, 5.74) is 4.84. The van der Waals surface area contributed by atoms with Gasteiger partial charge in [0.05, 0.1) is 13.1 Å². The average Bonchev–Trinajstić information content (AvgIpc) is 2.17. The lowest BCUT2D eigenvalue weighted by Gasteiger charge is -2.14. The van der Waals surface area contributed by atoms with E-state index in [4.69, 9.17) is 5.73 Å². The summed E-state index contributed by atoms with van der Waals surface area (Å²) in [6.07, 6.45) is 1.46. The molecule has 72 valence electrons. The van der Waals surface area contributed by atoms with Crippen LogP contribution < -0.4 is 11.1 Å². The molecule has 0 amide bonds. The van der Waals surface area contributed by atoms with Crippen molar-refractivity contribution >= 4 is 5.82 Å². The van der Waals surface area contributed by atoms with Crippen molar-refractivity contribution < 1.29 is 8.78 Å². The van der Waals surface area contributed by atoms with Crippen molar-refractivity contribution in [3.8, 4) is 0 Å². The first-order valence-corrected chi connectivity index (χ1v) is 3.73. The number of alkyl halides is 2. The number of aromatic nitrogens is 2. The van der Waals surface area contributed by atoms with Crippen molar-refractivity contribution in [3.63, 3.8) is 0 Å². The van der Waals surface area contributed by atoms with Gasteiger partial charge in [0.1, 0.15) is 5.82 Å². The van der Waals surface area contributed by atoms with Crippen LogP contribution in [0.25, 0.3) is 0 Å². The molecule has 1 rings (SSSR count). The lowest BCUT2D eigenvalue weighted by atomic mass is 10.3. The molecule has 0 aliphatic carbocycles. The van der Waals surface area contributed by atoms with E-state index in [0.717, 1.165) is 0 Å². The van der Waals surface area contributed by atoms with Gasteiger partial charge in [-0.2, -0.15) is 5.10 Å². The van der Waals surface area contributed by atoms with E-state index in [1.807, 2.05) is 0 Å². The van der Waals surface area contributed by atoms with Gasteiger partial charge in [0.25, 0.3) is 5.92 Å². The molecule has 1 aromatic rings. The molecule has 3 N–H and O–H groups in total. The minimum absolute atomic E-state index is 0.315. The summed E-state index contributed by atoms with van der Waals surface area (Å²) in [5.74, 6) is -2.59. The van der Waals surface area contributed by atoms with E-state index < -0.39 is 19.0 Å². The zero-order valence-electron chi connectivity index (χ0n) is 6.87. The number of rotatable bonds is 4. The number of hydrogen-bond acceptors (Lipinski definition) is 4. The largest absolute Gasteiger partial charge is 0.362 e. The quantitative estimate of drug-likeness (QED) is 0.721. The summed E-state index contributed by atoms with van der Waals surface area (Å²) in [5, 5.41) is 9.54. The monoisotopic (exact) mass is 188 g/mol. The molecule has 0 saturated carbocycles. The van der Waals surface area contributed by atoms with Crippen molar-refractivity contribution in [2.45, 2.75) is 5.92 Å². The van der Waals surface area contributed by atoms with E-state index in [1.54, 1.807) is 12.1 Å². The van der Waals surface area contributed by atoms with Crippen LogP contribution in [0.15, 0.2) is 18.3 Å². The lowest BCUT2D eigenvalue weighted by molar-refractivity contribution is 0.0253. The number of nitrogens with two attached hydrogens (primary N) is 1. The highest BCUT2D eigenvalue weighted by Gasteiger charge is 2.26. The lowest BCUT2D eigenvalue weighted by Crippen LogP contribution is -2.35. The van der Waals surface area contributed by atoms with Gasteiger partial charge in [-0.1, -0.05) is 0 Å². The van der Waals surface area contributed by atoms with Crippen LogP contribution in [0.4, 0.5) is 14.6 Å². The maximum absolute atomic E-state index is 12.6. The molecule has 0 saturated heterocycles. The smallest absolute Gasteiger partial charge is 0.276 e. The minimum Gasteiger partial charge on any atom is -0.362 e. The van der Waals surface area contributed by atoms with Crippen LogP contribution in [0.3, 0.4) is 0 Å². The van der Waals surface area contributed by atoms with Gasteiger partial charge in [0.15, 0.2) is 0 Å². The predicted octanol–water partition coefficient (Wildman–Crippen LogP) is 0.482. The molecule has 13 heavy (non-hydrogen) atoms. The summed E-state index contributed by atoms with van der Waals surface area (Å²) in [7, 11) is 0. The maximum Gasteiger partial charge on any atom is 0.276 e. The molecule has 0 atom stereocenters. The molecule has 0 unspecified atom stereocenters. The Hall–Kier alpha value is -1.30. The first kappa shape index (κ1) is 9.79. The van der Waals surface area contributed by atoms with E-state index in [-0.39, 0.29) is 0 Å². The van der Waals surface area contributed by atoms with Gasteiger partial charge < -0.3 is 11.1 Å². The van der Waals surface area contributed by atoms with Crippen LogP contribution in [0, 0.1) is 0 Å². The number of nitrogens with zero attached hydrogens (tertiary/aromatic N) is 2. The topological polar surface area (TPSA) is 63.8 Å². The molecule has 0 aliphatic rings. The first-order chi connectivity index (χ1) is 6.14. The Labute approximate surface area is 74.2 Å². The number of anilines is 1. The van der Waals surface area contributed by atoms with Crippen LogP contribution in [0.2, 0.25) is 0 Å². The Morgan fingerprint density at radius 1 is 1.54 bits per heavy atom. The van der Waals surface area contributed by atoms with Crippen LogP contribution in [0.1, 0.15) is 0 Å². The Morgan fingerprint density at radius 2 is 2.31 bits per heavy atom. The Balaban J connectivity index is 2.44. The molecular formula is C7H10F2N4. The highest BCUT2D eigenvalue weighted by molar-refractivity contribution is 5.31. The highest BCUT2D eigenvalue weighted by Crippen LogP contribution is 2.11. The highest BCUT2D eigenvalue weighted by atomic mass is 19.3. The van der Waals surface area contributed by atoms with Gasteiger partial charge in [-0.25, -0.2) is 8.78 Å². The second-order valence-corrected chi connectivity index (χ2v) is 2.52. The average molecular weight is 188 g/mol. The molecule has 6 heteroatoms. The number of hydrogen-bond donors (Lipinski definition) is 2. The zero-order valence-corrected chi connectivity index (χ0v) is 6.87. The van der Waals surface area contributed by atoms with Crippen molar-refractivity contribution in [1.29, 1.82) is 0 Å². The van der Waals surface area contributed by atoms with E-state index >= 15 is 0 Å². The second kappa shape index (κ2) is 4.08. The molecule has 0 fully saturated rings. The van der Waals surface area contributed by atoms with Gasteiger partial charge in [-0.05, 0) is 12.1 Å². The van der Waals surface area contributed by atoms with Gasteiger partial charge in [-0.15, -0.1) is 5.10 Å². The first-order valence-electron chi connectivity index (χ1n) is 3.73. The third-order valence-corrected chi connectivity index (χ3v) is 1.40. The molecule has 0 aromatic carbocycles. The molecule has 1 aromatic heterocycles. The Kier molecular flexibility index (Phi) is 3.07. The van der Waals surface area contributed by atoms with Crippen LogP contribution in [-0.2, 0) is 0 Å². The second-order valence-electron chi connectivity index (χ2n) is 2.52. The summed E-state index contributed by atoms with van der Waals surface area (Å²) >= 11 is 0. The van der Waals surface area contributed by atoms with Crippen LogP contribution in [-0.4, -0.2) is 29.2 Å². The van der Waals surface area contributed by atoms with E-state index in [9.17, 15) is 8.78 Å². The summed E-state index contributed by atoms with van der Waals surface area (Å²) in [6.45, 7) is -1.21. The molecule has 0 radical (unpaired) electrons. The third kappa shape index (κ3) is 3.29. The number of halogens is 2. The minimum atomic E-state index is -2.91. The number of nitrogens with one attached hydrogen (secondary N) is 1. The Morgan fingerprint density at radius 3 is 2.85 bits per heavy atom. The summed E-state index contributed by atoms with van der Waals surface area (Å²) in [6, 6.07) is 3.16. The molecular weight excluding hydrogens is 178 g/mol. The van der Waals surface area contributed by atoms with E-state index in [0.29, 0.717) is 5.82 Å². The molecule has 0 spiro atoms. The van der Waals surface area contributed by atoms with Gasteiger partial charge in [-0.3, -0.25) is 0 Å². The summed E-state index contributed by atoms with van der Waals surface area (Å²) < 4.78 is 25.2. The fourth-order valence-corrected chi connectivity index (χ4v) is 0.688. The molecule has 1 heterocycles. The van der Waals surface area contributed by atoms with Gasteiger partial charge in [0.2, 0.25) is 0 Å². The van der Waals surface area contributed by atoms with Gasteiger partial charge >= 0.3 is 0 Å². The predicted molar refractivity (Wildman–Crippen MR) is 44.5 cm³/mol. The van der Waals surface area contributed by atoms with Crippen LogP contribution >= 0.6 is 0 Å². The fourth-order valence-electron chi connectivity index (χ4n) is 0.688. The summed E-state index contributed by atoms with van der Waals surface area (Å²) in [4.78, 5) is 0. The van der Waals surface area contributed by atoms with Crippen molar-refractivity contribution in [2.24, 2.45) is 5.73 Å². The van der Waals surface area contributed by atoms with Gasteiger partial charge in [0, 0.05) is 6.20 Å². The van der Waals surface area contributed by atoms with E-state index in [2.05, 4.69) is 15.5 Å². The molecule has 4 nitrogen and oxygen atoms in total. The standard InChI is InChI=1S/C7H10F2N4/c8-7(9,4-10)5-11-6-2-1-3-12-13-6/h1-3H,4-5,10H2,(H,11,13). The zero-order chi connectivity index (χ0) is 9.73. The normalized spacial score (nSPS) is 11.3. The SMILES string of the molecule is NCC(F)(F)CNc1cccnn1. The fraction of sp³-hybridized carbons (Fsp3) is 0.429. The molecule has 0 bridgehead atoms.